The Balaban J connectivity index is 3.01. The molecule has 1 rings (SSSR count). The van der Waals surface area contributed by atoms with E-state index in [0.717, 1.165) is 18.2 Å². The lowest BCUT2D eigenvalue weighted by Gasteiger charge is -2.05. The lowest BCUT2D eigenvalue weighted by atomic mass is 10.1. The van der Waals surface area contributed by atoms with E-state index in [9.17, 15) is 13.6 Å². The number of hydrogen-bond donors (Lipinski definition) is 0. The number of alkyl halides is 2. The quantitative estimate of drug-likeness (QED) is 0.615. The number of benzene rings is 1. The predicted molar refractivity (Wildman–Crippen MR) is 57.2 cm³/mol. The van der Waals surface area contributed by atoms with Gasteiger partial charge in [-0.1, -0.05) is 31.9 Å². The molecule has 1 aromatic carbocycles. The highest BCUT2D eigenvalue weighted by molar-refractivity contribution is 9.12. The summed E-state index contributed by atoms with van der Waals surface area (Å²) in [5, 5.41) is 0.393. The smallest absolute Gasteiger partial charge is 0.177 e. The van der Waals surface area contributed by atoms with Crippen LogP contribution in [0.25, 0.3) is 0 Å². The van der Waals surface area contributed by atoms with Crippen molar-refractivity contribution in [3.63, 3.8) is 0 Å². The second-order valence-corrected chi connectivity index (χ2v) is 4.40. The van der Waals surface area contributed by atoms with Gasteiger partial charge in [0.1, 0.15) is 11.6 Å². The van der Waals surface area contributed by atoms with Gasteiger partial charge in [-0.2, -0.15) is 0 Å². The third-order valence-corrected chi connectivity index (χ3v) is 3.82. The summed E-state index contributed by atoms with van der Waals surface area (Å²) in [6.07, 6.45) is 0. The van der Waals surface area contributed by atoms with Gasteiger partial charge in [-0.25, -0.2) is 8.78 Å². The zero-order valence-electron chi connectivity index (χ0n) is 6.94. The molecule has 1 aromatic rings. The maximum Gasteiger partial charge on any atom is 0.177 e. The summed E-state index contributed by atoms with van der Waals surface area (Å²) in [6, 6.07) is 2.76. The zero-order valence-corrected chi connectivity index (χ0v) is 10.1. The Morgan fingerprint density at radius 3 is 2.21 bits per heavy atom. The van der Waals surface area contributed by atoms with Crippen LogP contribution in [0.4, 0.5) is 8.78 Å². The third kappa shape index (κ3) is 2.85. The van der Waals surface area contributed by atoms with Crippen molar-refractivity contribution in [1.82, 2.24) is 0 Å². The molecule has 0 heterocycles. The van der Waals surface area contributed by atoms with Crippen molar-refractivity contribution in [2.45, 2.75) is 4.83 Å². The van der Waals surface area contributed by atoms with Crippen LogP contribution >= 0.6 is 31.9 Å². The van der Waals surface area contributed by atoms with Crippen LogP contribution in [0.15, 0.2) is 18.2 Å². The Labute approximate surface area is 96.8 Å². The summed E-state index contributed by atoms with van der Waals surface area (Å²) < 4.78 is 25.5. The molecule has 0 aliphatic heterocycles. The molecular formula is C9H6Br2F2O. The standard InChI is InChI=1S/C9H6Br2F2O/c10-4-8(11)9(14)5-1-6(12)3-7(13)2-5/h1-3,8H,4H2. The Kier molecular flexibility index (Phi) is 4.19. The molecule has 76 valence electrons. The van der Waals surface area contributed by atoms with Crippen molar-refractivity contribution in [3.05, 3.63) is 35.4 Å². The van der Waals surface area contributed by atoms with Crippen molar-refractivity contribution in [1.29, 1.82) is 0 Å². The van der Waals surface area contributed by atoms with E-state index >= 15 is 0 Å². The van der Waals surface area contributed by atoms with Gasteiger partial charge >= 0.3 is 0 Å². The van der Waals surface area contributed by atoms with E-state index in [2.05, 4.69) is 31.9 Å². The van der Waals surface area contributed by atoms with Gasteiger partial charge in [0.05, 0.1) is 4.83 Å². The fraction of sp³-hybridized carbons (Fsp3) is 0.222. The molecule has 0 spiro atoms. The maximum absolute atomic E-state index is 12.7. The zero-order chi connectivity index (χ0) is 10.7. The SMILES string of the molecule is O=C(c1cc(F)cc(F)c1)C(Br)CBr. The van der Waals surface area contributed by atoms with E-state index in [1.54, 1.807) is 0 Å². The topological polar surface area (TPSA) is 17.1 Å². The Morgan fingerprint density at radius 1 is 1.29 bits per heavy atom. The van der Waals surface area contributed by atoms with E-state index in [-0.39, 0.29) is 11.3 Å². The predicted octanol–water partition coefficient (Wildman–Crippen LogP) is 3.31. The number of rotatable bonds is 3. The second-order valence-electron chi connectivity index (χ2n) is 2.64. The number of Topliss-reactive ketones (excluding diaryl/α,β-unsaturated/α-hetero) is 1. The van der Waals surface area contributed by atoms with E-state index in [0.29, 0.717) is 5.33 Å². The fourth-order valence-electron chi connectivity index (χ4n) is 0.947. The van der Waals surface area contributed by atoms with E-state index in [1.807, 2.05) is 0 Å². The molecule has 0 amide bonds. The van der Waals surface area contributed by atoms with Crippen LogP contribution < -0.4 is 0 Å². The van der Waals surface area contributed by atoms with Gasteiger partial charge in [0.25, 0.3) is 0 Å². The van der Waals surface area contributed by atoms with E-state index in [4.69, 9.17) is 0 Å². The lowest BCUT2D eigenvalue weighted by Crippen LogP contribution is -2.15. The van der Waals surface area contributed by atoms with Gasteiger partial charge in [0.15, 0.2) is 5.78 Å². The molecule has 0 fully saturated rings. The van der Waals surface area contributed by atoms with E-state index in [1.165, 1.54) is 0 Å². The number of carbonyl (C=O) groups excluding carboxylic acids is 1. The van der Waals surface area contributed by atoms with Crippen molar-refractivity contribution >= 4 is 37.6 Å². The van der Waals surface area contributed by atoms with Crippen LogP contribution in [0.2, 0.25) is 0 Å². The summed E-state index contributed by atoms with van der Waals surface area (Å²) in [6.45, 7) is 0. The molecule has 0 saturated carbocycles. The Hall–Kier alpha value is -0.290. The first-order chi connectivity index (χ1) is 6.54. The molecule has 0 aliphatic carbocycles. The summed E-state index contributed by atoms with van der Waals surface area (Å²) in [5.41, 5.74) is 0.0313. The minimum absolute atomic E-state index is 0.0313. The maximum atomic E-state index is 12.7. The summed E-state index contributed by atoms with van der Waals surface area (Å²) >= 11 is 6.18. The number of hydrogen-bond acceptors (Lipinski definition) is 1. The highest BCUT2D eigenvalue weighted by Gasteiger charge is 2.16. The molecule has 0 radical (unpaired) electrons. The van der Waals surface area contributed by atoms with Crippen molar-refractivity contribution in [3.8, 4) is 0 Å². The normalized spacial score (nSPS) is 12.6. The van der Waals surface area contributed by atoms with Gasteiger partial charge in [0.2, 0.25) is 0 Å². The van der Waals surface area contributed by atoms with Crippen LogP contribution in [0.1, 0.15) is 10.4 Å². The molecule has 1 unspecified atom stereocenters. The molecular weight excluding hydrogens is 322 g/mol. The molecule has 0 saturated heterocycles. The summed E-state index contributed by atoms with van der Waals surface area (Å²) in [5.74, 6) is -1.84. The summed E-state index contributed by atoms with van der Waals surface area (Å²) in [4.78, 5) is 11.0. The van der Waals surface area contributed by atoms with Crippen LogP contribution in [-0.4, -0.2) is 15.9 Å². The van der Waals surface area contributed by atoms with E-state index < -0.39 is 16.5 Å². The van der Waals surface area contributed by atoms with Gasteiger partial charge in [-0.05, 0) is 12.1 Å². The van der Waals surface area contributed by atoms with Crippen LogP contribution in [-0.2, 0) is 0 Å². The molecule has 1 atom stereocenters. The van der Waals surface area contributed by atoms with Crippen LogP contribution in [0.5, 0.6) is 0 Å². The number of halogens is 4. The minimum Gasteiger partial charge on any atom is -0.293 e. The molecule has 1 nitrogen and oxygen atoms in total. The van der Waals surface area contributed by atoms with Gasteiger partial charge in [-0.3, -0.25) is 4.79 Å². The third-order valence-electron chi connectivity index (χ3n) is 1.57. The highest BCUT2D eigenvalue weighted by atomic mass is 79.9. The minimum atomic E-state index is -0.748. The molecule has 0 bridgehead atoms. The second kappa shape index (κ2) is 4.98. The summed E-state index contributed by atoms with van der Waals surface area (Å²) in [7, 11) is 0. The number of carbonyl (C=O) groups is 1. The molecule has 0 aromatic heterocycles. The first-order valence-electron chi connectivity index (χ1n) is 3.75. The van der Waals surface area contributed by atoms with Crippen LogP contribution in [0, 0.1) is 11.6 Å². The largest absolute Gasteiger partial charge is 0.293 e. The molecule has 14 heavy (non-hydrogen) atoms. The van der Waals surface area contributed by atoms with Gasteiger partial charge < -0.3 is 0 Å². The number of ketones is 1. The monoisotopic (exact) mass is 326 g/mol. The van der Waals surface area contributed by atoms with Crippen LogP contribution in [0.3, 0.4) is 0 Å². The van der Waals surface area contributed by atoms with Gasteiger partial charge in [-0.15, -0.1) is 0 Å². The Bertz CT molecular complexity index is 334. The average Bonchev–Trinajstić information content (AvgIpc) is 2.14. The average molecular weight is 328 g/mol. The lowest BCUT2D eigenvalue weighted by molar-refractivity contribution is 0.0996. The fourth-order valence-corrected chi connectivity index (χ4v) is 1.51. The van der Waals surface area contributed by atoms with Gasteiger partial charge in [0, 0.05) is 17.0 Å². The van der Waals surface area contributed by atoms with Crippen molar-refractivity contribution in [2.75, 3.05) is 5.33 Å². The molecule has 0 N–H and O–H groups in total. The highest BCUT2D eigenvalue weighted by Crippen LogP contribution is 2.15. The van der Waals surface area contributed by atoms with Crippen molar-refractivity contribution < 1.29 is 13.6 Å². The first kappa shape index (κ1) is 11.8. The van der Waals surface area contributed by atoms with Crippen molar-refractivity contribution in [2.24, 2.45) is 0 Å². The molecule has 0 aliphatic rings. The first-order valence-corrected chi connectivity index (χ1v) is 5.78. The Morgan fingerprint density at radius 2 is 1.79 bits per heavy atom. The molecule has 5 heteroatoms.